The molecule has 2 rings (SSSR count). The second-order valence-corrected chi connectivity index (χ2v) is 7.58. The van der Waals surface area contributed by atoms with Crippen LogP contribution < -0.4 is 0 Å². The van der Waals surface area contributed by atoms with E-state index in [-0.39, 0.29) is 32.3 Å². The zero-order chi connectivity index (χ0) is 25.1. The van der Waals surface area contributed by atoms with Crippen LogP contribution in [-0.2, 0) is 28.5 Å². The lowest BCUT2D eigenvalue weighted by Crippen LogP contribution is -2.32. The lowest BCUT2D eigenvalue weighted by molar-refractivity contribution is -0.144. The highest BCUT2D eigenvalue weighted by atomic mass is 16.6. The normalized spacial score (nSPS) is 21.2. The Morgan fingerprint density at radius 2 is 2.00 bits per heavy atom. The maximum Gasteiger partial charge on any atom is 0.339 e. The first kappa shape index (κ1) is 26.9. The minimum absolute atomic E-state index is 0.0848. The number of rotatable bonds is 13. The molecule has 184 valence electrons. The van der Waals surface area contributed by atoms with E-state index in [1.807, 2.05) is 25.2 Å². The van der Waals surface area contributed by atoms with Crippen molar-refractivity contribution in [3.8, 4) is 0 Å². The molecule has 0 fully saturated rings. The van der Waals surface area contributed by atoms with Gasteiger partial charge in [0, 0.05) is 12.0 Å². The molecule has 1 aliphatic heterocycles. The van der Waals surface area contributed by atoms with Crippen LogP contribution in [-0.4, -0.2) is 60.8 Å². The second-order valence-electron chi connectivity index (χ2n) is 7.58. The van der Waals surface area contributed by atoms with Gasteiger partial charge in [-0.05, 0) is 42.7 Å². The Hall–Kier alpha value is -3.36. The predicted octanol–water partition coefficient (Wildman–Crippen LogP) is 2.82. The third-order valence-corrected chi connectivity index (χ3v) is 5.06. The third-order valence-electron chi connectivity index (χ3n) is 5.06. The van der Waals surface area contributed by atoms with E-state index in [1.165, 1.54) is 0 Å². The van der Waals surface area contributed by atoms with Crippen molar-refractivity contribution in [1.82, 2.24) is 0 Å². The molecule has 8 nitrogen and oxygen atoms in total. The molecular formula is C26H32O8. The van der Waals surface area contributed by atoms with Crippen LogP contribution in [0, 0.1) is 5.92 Å². The summed E-state index contributed by atoms with van der Waals surface area (Å²) in [6, 6.07) is 0. The van der Waals surface area contributed by atoms with Gasteiger partial charge in [0.1, 0.15) is 37.8 Å². The Kier molecular flexibility index (Phi) is 10.6. The van der Waals surface area contributed by atoms with Crippen LogP contribution in [0.2, 0.25) is 0 Å². The van der Waals surface area contributed by atoms with E-state index in [2.05, 4.69) is 13.2 Å². The lowest BCUT2D eigenvalue weighted by atomic mass is 9.87. The SMILES string of the molecule is C=CC(=O)OCC(O)COC1=CC2OC(=O)C(/C(C=C)=C(/C=C(\C)OCCO)CC)=CC2C=C1. The van der Waals surface area contributed by atoms with Crippen molar-refractivity contribution in [1.29, 1.82) is 0 Å². The highest BCUT2D eigenvalue weighted by Gasteiger charge is 2.32. The van der Waals surface area contributed by atoms with Crippen LogP contribution >= 0.6 is 0 Å². The van der Waals surface area contributed by atoms with Gasteiger partial charge < -0.3 is 29.2 Å². The Bertz CT molecular complexity index is 934. The maximum absolute atomic E-state index is 12.8. The van der Waals surface area contributed by atoms with Gasteiger partial charge in [-0.2, -0.15) is 0 Å². The monoisotopic (exact) mass is 472 g/mol. The van der Waals surface area contributed by atoms with Crippen LogP contribution in [0.15, 0.2) is 83.9 Å². The van der Waals surface area contributed by atoms with Crippen LogP contribution in [0.3, 0.4) is 0 Å². The van der Waals surface area contributed by atoms with Gasteiger partial charge in [0.25, 0.3) is 0 Å². The van der Waals surface area contributed by atoms with Gasteiger partial charge >= 0.3 is 11.9 Å². The number of allylic oxidation sites excluding steroid dienone is 5. The minimum atomic E-state index is -1.01. The molecular weight excluding hydrogens is 440 g/mol. The maximum atomic E-state index is 12.8. The van der Waals surface area contributed by atoms with Crippen LogP contribution in [0.5, 0.6) is 0 Å². The molecule has 34 heavy (non-hydrogen) atoms. The highest BCUT2D eigenvalue weighted by molar-refractivity contribution is 5.96. The van der Waals surface area contributed by atoms with Gasteiger partial charge in [0.05, 0.1) is 17.9 Å². The smallest absolute Gasteiger partial charge is 0.339 e. The largest absolute Gasteiger partial charge is 0.496 e. The van der Waals surface area contributed by atoms with E-state index in [4.69, 9.17) is 24.1 Å². The number of carbonyl (C=O) groups excluding carboxylic acids is 2. The van der Waals surface area contributed by atoms with E-state index in [9.17, 15) is 14.7 Å². The molecule has 8 heteroatoms. The van der Waals surface area contributed by atoms with E-state index < -0.39 is 24.1 Å². The molecule has 0 radical (unpaired) electrons. The molecule has 0 amide bonds. The number of fused-ring (bicyclic) bond motifs is 1. The zero-order valence-corrected chi connectivity index (χ0v) is 19.6. The van der Waals surface area contributed by atoms with E-state index >= 15 is 0 Å². The number of hydrogen-bond donors (Lipinski definition) is 2. The molecule has 1 heterocycles. The van der Waals surface area contributed by atoms with E-state index in [0.717, 1.165) is 11.6 Å². The van der Waals surface area contributed by atoms with Gasteiger partial charge in [0.2, 0.25) is 0 Å². The van der Waals surface area contributed by atoms with Crippen LogP contribution in [0.4, 0.5) is 0 Å². The van der Waals surface area contributed by atoms with Crippen molar-refractivity contribution in [3.63, 3.8) is 0 Å². The van der Waals surface area contributed by atoms with Crippen molar-refractivity contribution in [2.75, 3.05) is 26.4 Å². The third kappa shape index (κ3) is 7.60. The number of esters is 2. The van der Waals surface area contributed by atoms with Gasteiger partial charge in [-0.15, -0.1) is 0 Å². The van der Waals surface area contributed by atoms with Crippen molar-refractivity contribution >= 4 is 11.9 Å². The average molecular weight is 473 g/mol. The van der Waals surface area contributed by atoms with Crippen molar-refractivity contribution in [2.45, 2.75) is 32.5 Å². The summed E-state index contributed by atoms with van der Waals surface area (Å²) in [6.07, 6.45) is 10.6. The molecule has 0 aromatic carbocycles. The molecule has 1 aliphatic carbocycles. The summed E-state index contributed by atoms with van der Waals surface area (Å²) in [4.78, 5) is 23.9. The van der Waals surface area contributed by atoms with Crippen molar-refractivity contribution < 1.29 is 38.7 Å². The molecule has 2 N–H and O–H groups in total. The first-order valence-corrected chi connectivity index (χ1v) is 11.0. The number of hydrogen-bond acceptors (Lipinski definition) is 8. The Balaban J connectivity index is 2.13. The summed E-state index contributed by atoms with van der Waals surface area (Å²) in [7, 11) is 0. The van der Waals surface area contributed by atoms with E-state index in [1.54, 1.807) is 25.2 Å². The highest BCUT2D eigenvalue weighted by Crippen LogP contribution is 2.32. The number of aliphatic hydroxyl groups is 2. The molecule has 2 aliphatic rings. The average Bonchev–Trinajstić information content (AvgIpc) is 2.84. The molecule has 0 spiro atoms. The fraction of sp³-hybridized carbons (Fsp3) is 0.385. The molecule has 3 unspecified atom stereocenters. The van der Waals surface area contributed by atoms with Crippen molar-refractivity contribution in [3.05, 3.63) is 83.9 Å². The standard InChI is InChI=1S/C26H32O8/c1-5-18(12-17(4)31-11-10-27)22(6-2)23-13-19-8-9-21(14-24(19)34-26(23)30)32-15-20(28)16-33-25(29)7-3/h6-9,12-14,19-20,24,27-28H,2-3,5,10-11,15-16H2,1,4H3/b17-12+,22-18+. The van der Waals surface area contributed by atoms with Crippen LogP contribution in [0.25, 0.3) is 0 Å². The molecule has 0 aromatic heterocycles. The summed E-state index contributed by atoms with van der Waals surface area (Å²) in [6.45, 7) is 10.7. The lowest BCUT2D eigenvalue weighted by Gasteiger charge is -2.30. The van der Waals surface area contributed by atoms with Gasteiger partial charge in [-0.1, -0.05) is 38.3 Å². The second kappa shape index (κ2) is 13.4. The Morgan fingerprint density at radius 1 is 1.24 bits per heavy atom. The quantitative estimate of drug-likeness (QED) is 0.182. The summed E-state index contributed by atoms with van der Waals surface area (Å²) in [5, 5.41) is 18.8. The van der Waals surface area contributed by atoms with Gasteiger partial charge in [0.15, 0.2) is 0 Å². The van der Waals surface area contributed by atoms with Gasteiger partial charge in [-0.3, -0.25) is 0 Å². The Morgan fingerprint density at radius 3 is 2.65 bits per heavy atom. The minimum Gasteiger partial charge on any atom is -0.496 e. The molecule has 3 atom stereocenters. The summed E-state index contributed by atoms with van der Waals surface area (Å²) in [5.41, 5.74) is 1.94. The van der Waals surface area contributed by atoms with Crippen molar-refractivity contribution in [2.24, 2.45) is 5.92 Å². The number of carbonyl (C=O) groups is 2. The molecule has 0 saturated heterocycles. The fourth-order valence-corrected chi connectivity index (χ4v) is 3.41. The van der Waals surface area contributed by atoms with Gasteiger partial charge in [-0.25, -0.2) is 9.59 Å². The van der Waals surface area contributed by atoms with E-state index in [0.29, 0.717) is 29.1 Å². The zero-order valence-electron chi connectivity index (χ0n) is 19.6. The summed E-state index contributed by atoms with van der Waals surface area (Å²) < 4.78 is 21.4. The predicted molar refractivity (Wildman–Crippen MR) is 126 cm³/mol. The number of aliphatic hydroxyl groups excluding tert-OH is 2. The first-order valence-electron chi connectivity index (χ1n) is 11.0. The van der Waals surface area contributed by atoms with Crippen LogP contribution in [0.1, 0.15) is 20.3 Å². The topological polar surface area (TPSA) is 112 Å². The molecule has 0 saturated carbocycles. The molecule has 0 bridgehead atoms. The summed E-state index contributed by atoms with van der Waals surface area (Å²) >= 11 is 0. The summed E-state index contributed by atoms with van der Waals surface area (Å²) in [5.74, 6) is -0.239. The fourth-order valence-electron chi connectivity index (χ4n) is 3.41. The number of ether oxygens (including phenoxy) is 4. The first-order chi connectivity index (χ1) is 16.3. The Labute approximate surface area is 199 Å². The molecule has 0 aromatic rings.